The van der Waals surface area contributed by atoms with Crippen LogP contribution < -0.4 is 0 Å². The maximum atomic E-state index is 12.8. The fourth-order valence-corrected chi connectivity index (χ4v) is 3.73. The van der Waals surface area contributed by atoms with Gasteiger partial charge in [-0.1, -0.05) is 0 Å². The van der Waals surface area contributed by atoms with Crippen LogP contribution in [0.5, 0.6) is 0 Å². The molecule has 2 aromatic heterocycles. The molecule has 1 aliphatic rings. The number of piperidine rings is 1. The van der Waals surface area contributed by atoms with Gasteiger partial charge < -0.3 is 9.47 Å². The standard InChI is InChI=1S/C15H19N3OS/c1-11-10-20-14(16-11)12-6-3-4-9-18(12)15(19)13-7-5-8-17(13)2/h5,7-8,10,12H,3-4,6,9H2,1-2H3/t12-/m1/s1. The molecular weight excluding hydrogens is 270 g/mol. The number of aromatic nitrogens is 2. The Morgan fingerprint density at radius 2 is 2.30 bits per heavy atom. The molecule has 3 heterocycles. The van der Waals surface area contributed by atoms with E-state index in [4.69, 9.17) is 0 Å². The van der Waals surface area contributed by atoms with Crippen LogP contribution in [0, 0.1) is 6.92 Å². The molecule has 0 spiro atoms. The molecule has 1 amide bonds. The molecule has 0 radical (unpaired) electrons. The summed E-state index contributed by atoms with van der Waals surface area (Å²) in [5, 5.41) is 3.14. The van der Waals surface area contributed by atoms with Crippen LogP contribution in [0.3, 0.4) is 0 Å². The van der Waals surface area contributed by atoms with Gasteiger partial charge in [0.25, 0.3) is 5.91 Å². The second-order valence-corrected chi connectivity index (χ2v) is 6.23. The first kappa shape index (κ1) is 13.4. The van der Waals surface area contributed by atoms with E-state index in [1.807, 2.05) is 41.8 Å². The summed E-state index contributed by atoms with van der Waals surface area (Å²) in [6, 6.07) is 3.95. The molecule has 4 nitrogen and oxygen atoms in total. The lowest BCUT2D eigenvalue weighted by Gasteiger charge is -2.34. The van der Waals surface area contributed by atoms with Gasteiger partial charge in [0.15, 0.2) is 0 Å². The van der Waals surface area contributed by atoms with Crippen molar-refractivity contribution in [3.63, 3.8) is 0 Å². The van der Waals surface area contributed by atoms with Gasteiger partial charge in [0.05, 0.1) is 6.04 Å². The molecule has 0 bridgehead atoms. The summed E-state index contributed by atoms with van der Waals surface area (Å²) >= 11 is 1.67. The van der Waals surface area contributed by atoms with Crippen molar-refractivity contribution in [2.24, 2.45) is 7.05 Å². The SMILES string of the molecule is Cc1csc([C@H]2CCCCN2C(=O)c2cccn2C)n1. The maximum absolute atomic E-state index is 12.8. The first-order chi connectivity index (χ1) is 9.66. The molecule has 2 aromatic rings. The van der Waals surface area contributed by atoms with E-state index in [9.17, 15) is 4.79 Å². The van der Waals surface area contributed by atoms with Crippen molar-refractivity contribution in [2.75, 3.05) is 6.54 Å². The van der Waals surface area contributed by atoms with Gasteiger partial charge in [-0.25, -0.2) is 4.98 Å². The molecule has 0 saturated carbocycles. The summed E-state index contributed by atoms with van der Waals surface area (Å²) in [4.78, 5) is 19.3. The Kier molecular flexibility index (Phi) is 3.61. The van der Waals surface area contributed by atoms with Crippen LogP contribution in [-0.4, -0.2) is 26.9 Å². The fourth-order valence-electron chi connectivity index (χ4n) is 2.79. The van der Waals surface area contributed by atoms with E-state index < -0.39 is 0 Å². The summed E-state index contributed by atoms with van der Waals surface area (Å²) in [6.07, 6.45) is 5.18. The van der Waals surface area contributed by atoms with Crippen LogP contribution in [0.2, 0.25) is 0 Å². The highest BCUT2D eigenvalue weighted by molar-refractivity contribution is 7.09. The zero-order chi connectivity index (χ0) is 14.1. The van der Waals surface area contributed by atoms with Crippen LogP contribution in [0.1, 0.15) is 46.5 Å². The Morgan fingerprint density at radius 3 is 2.95 bits per heavy atom. The number of amides is 1. The lowest BCUT2D eigenvalue weighted by Crippen LogP contribution is -2.39. The number of carbonyl (C=O) groups is 1. The number of carbonyl (C=O) groups excluding carboxylic acids is 1. The molecule has 1 saturated heterocycles. The molecule has 0 N–H and O–H groups in total. The van der Waals surface area contributed by atoms with Gasteiger partial charge in [0.2, 0.25) is 0 Å². The van der Waals surface area contributed by atoms with Gasteiger partial charge in [-0.05, 0) is 38.3 Å². The van der Waals surface area contributed by atoms with Crippen LogP contribution in [0.4, 0.5) is 0 Å². The largest absolute Gasteiger partial charge is 0.347 e. The predicted octanol–water partition coefficient (Wildman–Crippen LogP) is 3.16. The third-order valence-corrected chi connectivity index (χ3v) is 4.91. The quantitative estimate of drug-likeness (QED) is 0.851. The summed E-state index contributed by atoms with van der Waals surface area (Å²) in [6.45, 7) is 2.83. The Morgan fingerprint density at radius 1 is 1.45 bits per heavy atom. The Bertz CT molecular complexity index is 616. The van der Waals surface area contributed by atoms with E-state index in [2.05, 4.69) is 10.4 Å². The maximum Gasteiger partial charge on any atom is 0.271 e. The lowest BCUT2D eigenvalue weighted by molar-refractivity contribution is 0.0601. The summed E-state index contributed by atoms with van der Waals surface area (Å²) in [5.41, 5.74) is 1.80. The van der Waals surface area contributed by atoms with Gasteiger partial charge in [0.1, 0.15) is 10.7 Å². The molecule has 106 valence electrons. The number of likely N-dealkylation sites (tertiary alicyclic amines) is 1. The second-order valence-electron chi connectivity index (χ2n) is 5.34. The molecule has 1 fully saturated rings. The minimum atomic E-state index is 0.120. The normalized spacial score (nSPS) is 19.3. The highest BCUT2D eigenvalue weighted by Crippen LogP contribution is 2.33. The average Bonchev–Trinajstić information content (AvgIpc) is 3.07. The number of hydrogen-bond donors (Lipinski definition) is 0. The van der Waals surface area contributed by atoms with E-state index in [0.29, 0.717) is 0 Å². The van der Waals surface area contributed by atoms with Crippen molar-refractivity contribution >= 4 is 17.2 Å². The van der Waals surface area contributed by atoms with Crippen molar-refractivity contribution in [3.8, 4) is 0 Å². The molecule has 0 aromatic carbocycles. The molecule has 0 aliphatic carbocycles. The highest BCUT2D eigenvalue weighted by Gasteiger charge is 2.31. The van der Waals surface area contributed by atoms with Crippen LogP contribution in [0.25, 0.3) is 0 Å². The molecule has 1 aliphatic heterocycles. The number of thiazole rings is 1. The van der Waals surface area contributed by atoms with Crippen molar-refractivity contribution in [1.29, 1.82) is 0 Å². The van der Waals surface area contributed by atoms with E-state index in [1.54, 1.807) is 11.3 Å². The van der Waals surface area contributed by atoms with E-state index in [1.165, 1.54) is 6.42 Å². The van der Waals surface area contributed by atoms with Gasteiger partial charge >= 0.3 is 0 Å². The van der Waals surface area contributed by atoms with Crippen LogP contribution in [-0.2, 0) is 7.05 Å². The zero-order valence-electron chi connectivity index (χ0n) is 11.9. The van der Waals surface area contributed by atoms with Crippen LogP contribution in [0.15, 0.2) is 23.7 Å². The molecule has 3 rings (SSSR count). The average molecular weight is 289 g/mol. The first-order valence-corrected chi connectivity index (χ1v) is 7.89. The minimum Gasteiger partial charge on any atom is -0.347 e. The summed E-state index contributed by atoms with van der Waals surface area (Å²) < 4.78 is 1.89. The summed E-state index contributed by atoms with van der Waals surface area (Å²) in [7, 11) is 1.92. The number of rotatable bonds is 2. The van der Waals surface area contributed by atoms with E-state index in [-0.39, 0.29) is 11.9 Å². The second kappa shape index (κ2) is 5.40. The monoisotopic (exact) mass is 289 g/mol. The lowest BCUT2D eigenvalue weighted by atomic mass is 10.0. The molecule has 1 atom stereocenters. The topological polar surface area (TPSA) is 38.1 Å². The number of aryl methyl sites for hydroxylation is 2. The first-order valence-electron chi connectivity index (χ1n) is 7.01. The molecule has 20 heavy (non-hydrogen) atoms. The van der Waals surface area contributed by atoms with Crippen LogP contribution >= 0.6 is 11.3 Å². The molecule has 0 unspecified atom stereocenters. The molecule has 5 heteroatoms. The highest BCUT2D eigenvalue weighted by atomic mass is 32.1. The van der Waals surface area contributed by atoms with Crippen molar-refractivity contribution in [3.05, 3.63) is 40.1 Å². The van der Waals surface area contributed by atoms with Crippen molar-refractivity contribution in [1.82, 2.24) is 14.5 Å². The number of nitrogens with zero attached hydrogens (tertiary/aromatic N) is 3. The van der Waals surface area contributed by atoms with Gasteiger partial charge in [-0.3, -0.25) is 4.79 Å². The van der Waals surface area contributed by atoms with Gasteiger partial charge in [-0.2, -0.15) is 0 Å². The zero-order valence-corrected chi connectivity index (χ0v) is 12.7. The minimum absolute atomic E-state index is 0.120. The van der Waals surface area contributed by atoms with Crippen molar-refractivity contribution in [2.45, 2.75) is 32.2 Å². The Labute approximate surface area is 123 Å². The third kappa shape index (κ3) is 2.38. The molecular formula is C15H19N3OS. The van der Waals surface area contributed by atoms with Gasteiger partial charge in [-0.15, -0.1) is 11.3 Å². The Hall–Kier alpha value is -1.62. The van der Waals surface area contributed by atoms with E-state index in [0.717, 1.165) is 35.8 Å². The smallest absolute Gasteiger partial charge is 0.271 e. The van der Waals surface area contributed by atoms with Gasteiger partial charge in [0, 0.05) is 30.9 Å². The predicted molar refractivity (Wildman–Crippen MR) is 79.9 cm³/mol. The third-order valence-electron chi connectivity index (χ3n) is 3.85. The van der Waals surface area contributed by atoms with Crippen molar-refractivity contribution < 1.29 is 4.79 Å². The number of hydrogen-bond acceptors (Lipinski definition) is 3. The summed E-state index contributed by atoms with van der Waals surface area (Å²) in [5.74, 6) is 0.120. The fraction of sp³-hybridized carbons (Fsp3) is 0.467. The van der Waals surface area contributed by atoms with E-state index >= 15 is 0 Å². The Balaban J connectivity index is 1.89.